The number of nitrogens with one attached hydrogen (secondary N) is 1. The van der Waals surface area contributed by atoms with Crippen LogP contribution >= 0.6 is 11.3 Å². The number of hydrogen-bond acceptors (Lipinski definition) is 4. The lowest BCUT2D eigenvalue weighted by atomic mass is 10.1. The lowest BCUT2D eigenvalue weighted by molar-refractivity contribution is 0.0955. The van der Waals surface area contributed by atoms with Crippen molar-refractivity contribution in [1.29, 1.82) is 0 Å². The van der Waals surface area contributed by atoms with Gasteiger partial charge in [-0.1, -0.05) is 12.5 Å². The molecule has 0 saturated heterocycles. The van der Waals surface area contributed by atoms with Gasteiger partial charge in [-0.25, -0.2) is 9.97 Å². The second-order valence-corrected chi connectivity index (χ2v) is 7.81. The predicted molar refractivity (Wildman–Crippen MR) is 103 cm³/mol. The van der Waals surface area contributed by atoms with Gasteiger partial charge in [0.1, 0.15) is 11.6 Å². The summed E-state index contributed by atoms with van der Waals surface area (Å²) in [6.07, 6.45) is 11.4. The summed E-state index contributed by atoms with van der Waals surface area (Å²) in [5.41, 5.74) is 2.36. The summed E-state index contributed by atoms with van der Waals surface area (Å²) in [5.74, 6) is 1.74. The second kappa shape index (κ2) is 7.41. The van der Waals surface area contributed by atoms with Crippen molar-refractivity contribution in [1.82, 2.24) is 19.9 Å². The maximum atomic E-state index is 12.5. The molecule has 0 radical (unpaired) electrons. The number of aromatic nitrogens is 3. The van der Waals surface area contributed by atoms with Crippen LogP contribution in [0.2, 0.25) is 0 Å². The van der Waals surface area contributed by atoms with E-state index in [9.17, 15) is 4.79 Å². The molecule has 4 rings (SSSR count). The van der Waals surface area contributed by atoms with Gasteiger partial charge in [-0.15, -0.1) is 11.3 Å². The first kappa shape index (κ1) is 17.0. The van der Waals surface area contributed by atoms with E-state index in [-0.39, 0.29) is 5.91 Å². The van der Waals surface area contributed by atoms with Gasteiger partial charge in [0.2, 0.25) is 0 Å². The van der Waals surface area contributed by atoms with Crippen molar-refractivity contribution in [2.75, 3.05) is 0 Å². The number of rotatable bonds is 4. The van der Waals surface area contributed by atoms with E-state index in [0.717, 1.165) is 34.9 Å². The Morgan fingerprint density at radius 3 is 2.88 bits per heavy atom. The summed E-state index contributed by atoms with van der Waals surface area (Å²) in [5, 5.41) is 3.02. The van der Waals surface area contributed by atoms with Crippen LogP contribution < -0.4 is 5.32 Å². The van der Waals surface area contributed by atoms with E-state index in [2.05, 4.69) is 21.4 Å². The molecule has 6 heteroatoms. The van der Waals surface area contributed by atoms with E-state index in [1.54, 1.807) is 23.7 Å². The highest BCUT2D eigenvalue weighted by atomic mass is 32.1. The highest BCUT2D eigenvalue weighted by molar-refractivity contribution is 7.14. The fourth-order valence-electron chi connectivity index (χ4n) is 3.33. The Kier molecular flexibility index (Phi) is 4.84. The van der Waals surface area contributed by atoms with Crippen LogP contribution in [0.15, 0.2) is 36.8 Å². The molecule has 5 nitrogen and oxygen atoms in total. The summed E-state index contributed by atoms with van der Waals surface area (Å²) in [7, 11) is 0. The molecular weight excluding hydrogens is 344 g/mol. The fraction of sp³-hybridized carbons (Fsp3) is 0.350. The molecule has 3 aromatic rings. The van der Waals surface area contributed by atoms with Crippen molar-refractivity contribution < 1.29 is 4.79 Å². The number of carbonyl (C=O) groups is 1. The Balaban J connectivity index is 1.39. The Hall–Kier alpha value is -2.47. The molecule has 0 aromatic carbocycles. The molecule has 134 valence electrons. The molecule has 0 saturated carbocycles. The number of amides is 1. The van der Waals surface area contributed by atoms with Crippen LogP contribution in [-0.4, -0.2) is 20.4 Å². The Labute approximate surface area is 157 Å². The largest absolute Gasteiger partial charge is 0.347 e. The van der Waals surface area contributed by atoms with E-state index < -0.39 is 0 Å². The molecule has 0 aliphatic heterocycles. The monoisotopic (exact) mass is 366 g/mol. The molecule has 1 aliphatic rings. The van der Waals surface area contributed by atoms with Gasteiger partial charge in [0.15, 0.2) is 0 Å². The van der Waals surface area contributed by atoms with Crippen molar-refractivity contribution in [3.05, 3.63) is 63.5 Å². The van der Waals surface area contributed by atoms with E-state index in [0.29, 0.717) is 6.54 Å². The van der Waals surface area contributed by atoms with Crippen molar-refractivity contribution in [3.63, 3.8) is 0 Å². The molecule has 1 N–H and O–H groups in total. The Bertz CT molecular complexity index is 887. The average molecular weight is 366 g/mol. The zero-order valence-corrected chi connectivity index (χ0v) is 15.7. The number of imidazole rings is 1. The number of nitrogens with zero attached hydrogens (tertiary/aromatic N) is 3. The van der Waals surface area contributed by atoms with Crippen LogP contribution in [0.4, 0.5) is 0 Å². The smallest absolute Gasteiger partial charge is 0.261 e. The number of thiophene rings is 1. The van der Waals surface area contributed by atoms with Crippen LogP contribution in [0.3, 0.4) is 0 Å². The van der Waals surface area contributed by atoms with Crippen molar-refractivity contribution in [3.8, 4) is 5.82 Å². The quantitative estimate of drug-likeness (QED) is 0.714. The summed E-state index contributed by atoms with van der Waals surface area (Å²) < 4.78 is 1.93. The van der Waals surface area contributed by atoms with Crippen molar-refractivity contribution in [2.24, 2.45) is 0 Å². The molecule has 0 atom stereocenters. The highest BCUT2D eigenvalue weighted by Crippen LogP contribution is 2.28. The Morgan fingerprint density at radius 2 is 2.12 bits per heavy atom. The lowest BCUT2D eigenvalue weighted by Gasteiger charge is -2.07. The minimum atomic E-state index is 0.0117. The molecule has 0 fully saturated rings. The molecule has 3 heterocycles. The summed E-state index contributed by atoms with van der Waals surface area (Å²) >= 11 is 1.66. The normalized spacial score (nSPS) is 13.9. The van der Waals surface area contributed by atoms with Gasteiger partial charge < -0.3 is 5.32 Å². The van der Waals surface area contributed by atoms with Gasteiger partial charge in [0.25, 0.3) is 5.91 Å². The third kappa shape index (κ3) is 3.55. The van der Waals surface area contributed by atoms with Gasteiger partial charge in [-0.05, 0) is 55.9 Å². The van der Waals surface area contributed by atoms with Crippen LogP contribution in [-0.2, 0) is 19.4 Å². The van der Waals surface area contributed by atoms with Gasteiger partial charge >= 0.3 is 0 Å². The topological polar surface area (TPSA) is 59.8 Å². The van der Waals surface area contributed by atoms with Gasteiger partial charge in [0.05, 0.1) is 4.88 Å². The van der Waals surface area contributed by atoms with Crippen LogP contribution in [0, 0.1) is 6.92 Å². The van der Waals surface area contributed by atoms with Gasteiger partial charge in [-0.2, -0.15) is 0 Å². The zero-order chi connectivity index (χ0) is 17.9. The average Bonchev–Trinajstić information content (AvgIpc) is 3.20. The SMILES string of the molecule is Cc1nccn1-c1ccc(CNC(=O)c2cc3c(s2)CCCCC3)cn1. The van der Waals surface area contributed by atoms with Gasteiger partial charge in [-0.3, -0.25) is 9.36 Å². The molecule has 1 amide bonds. The van der Waals surface area contributed by atoms with E-state index in [1.807, 2.05) is 29.8 Å². The molecule has 0 bridgehead atoms. The predicted octanol–water partition coefficient (Wildman–Crippen LogP) is 3.84. The minimum absolute atomic E-state index is 0.0117. The van der Waals surface area contributed by atoms with E-state index >= 15 is 0 Å². The maximum Gasteiger partial charge on any atom is 0.261 e. The molecule has 0 unspecified atom stereocenters. The standard InChI is InChI=1S/C20H22N4OS/c1-14-21-9-10-24(14)19-8-7-15(12-22-19)13-23-20(25)18-11-16-5-3-2-4-6-17(16)26-18/h7-12H,2-6,13H2,1H3,(H,23,25). The number of carbonyl (C=O) groups excluding carboxylic acids is 1. The van der Waals surface area contributed by atoms with Gasteiger partial charge in [0, 0.05) is 30.0 Å². The first-order valence-electron chi connectivity index (χ1n) is 9.06. The first-order valence-corrected chi connectivity index (χ1v) is 9.87. The number of hydrogen-bond donors (Lipinski definition) is 1. The zero-order valence-electron chi connectivity index (χ0n) is 14.9. The van der Waals surface area contributed by atoms with E-state index in [1.165, 1.54) is 29.7 Å². The number of pyridine rings is 1. The summed E-state index contributed by atoms with van der Waals surface area (Å²) in [4.78, 5) is 23.4. The first-order chi connectivity index (χ1) is 12.7. The van der Waals surface area contributed by atoms with Crippen LogP contribution in [0.1, 0.15) is 50.8 Å². The van der Waals surface area contributed by atoms with Crippen molar-refractivity contribution in [2.45, 2.75) is 45.6 Å². The molecule has 0 spiro atoms. The number of fused-ring (bicyclic) bond motifs is 1. The van der Waals surface area contributed by atoms with E-state index in [4.69, 9.17) is 0 Å². The highest BCUT2D eigenvalue weighted by Gasteiger charge is 2.16. The fourth-order valence-corrected chi connectivity index (χ4v) is 4.50. The van der Waals surface area contributed by atoms with Crippen LogP contribution in [0.25, 0.3) is 5.82 Å². The third-order valence-corrected chi connectivity index (χ3v) is 6.04. The minimum Gasteiger partial charge on any atom is -0.347 e. The second-order valence-electron chi connectivity index (χ2n) is 6.67. The summed E-state index contributed by atoms with van der Waals surface area (Å²) in [6.45, 7) is 2.43. The Morgan fingerprint density at radius 1 is 1.23 bits per heavy atom. The maximum absolute atomic E-state index is 12.5. The van der Waals surface area contributed by atoms with Crippen molar-refractivity contribution >= 4 is 17.2 Å². The molecule has 1 aliphatic carbocycles. The lowest BCUT2D eigenvalue weighted by Crippen LogP contribution is -2.21. The number of aryl methyl sites for hydroxylation is 3. The molecular formula is C20H22N4OS. The third-order valence-electron chi connectivity index (χ3n) is 4.81. The van der Waals surface area contributed by atoms with Crippen LogP contribution in [0.5, 0.6) is 0 Å². The summed E-state index contributed by atoms with van der Waals surface area (Å²) in [6, 6.07) is 6.03. The molecule has 3 aromatic heterocycles. The molecule has 26 heavy (non-hydrogen) atoms.